The molecule has 1 aromatic heterocycles. The van der Waals surface area contributed by atoms with Crippen LogP contribution in [0.25, 0.3) is 10.9 Å². The molecule has 1 aliphatic heterocycles. The first-order chi connectivity index (χ1) is 10.0. The Morgan fingerprint density at radius 3 is 2.48 bits per heavy atom. The van der Waals surface area contributed by atoms with Gasteiger partial charge in [-0.1, -0.05) is 26.3 Å². The summed E-state index contributed by atoms with van der Waals surface area (Å²) < 4.78 is 26.9. The van der Waals surface area contributed by atoms with Crippen molar-refractivity contribution in [1.82, 2.24) is 4.98 Å². The Hall–Kier alpha value is -1.21. The highest BCUT2D eigenvalue weighted by Crippen LogP contribution is 2.52. The quantitative estimate of drug-likeness (QED) is 0.596. The van der Waals surface area contributed by atoms with E-state index < -0.39 is 13.1 Å². The lowest BCUT2D eigenvalue weighted by Gasteiger charge is -2.27. The van der Waals surface area contributed by atoms with E-state index in [4.69, 9.17) is 0 Å². The zero-order valence-corrected chi connectivity index (χ0v) is 13.5. The fourth-order valence-corrected chi connectivity index (χ4v) is 6.92. The number of nitrogens with zero attached hydrogens (tertiary/aromatic N) is 1. The minimum Gasteiger partial charge on any atom is -0.319 e. The van der Waals surface area contributed by atoms with Crippen LogP contribution in [0.5, 0.6) is 0 Å². The van der Waals surface area contributed by atoms with E-state index in [1.165, 1.54) is 12.5 Å². The third kappa shape index (κ3) is 2.64. The molecule has 0 radical (unpaired) electrons. The number of benzene rings is 1. The molecule has 0 atom stereocenters. The lowest BCUT2D eigenvalue weighted by molar-refractivity contribution is 0.566. The molecule has 0 aliphatic carbocycles. The predicted octanol–water partition coefficient (Wildman–Crippen LogP) is 4.67. The largest absolute Gasteiger partial charge is 0.319 e. The lowest BCUT2D eigenvalue weighted by Crippen LogP contribution is -2.21. The van der Waals surface area contributed by atoms with Gasteiger partial charge in [-0.05, 0) is 42.5 Å². The smallest absolute Gasteiger partial charge is 0.213 e. The summed E-state index contributed by atoms with van der Waals surface area (Å²) in [6.07, 6.45) is 4.78. The maximum Gasteiger partial charge on any atom is 0.213 e. The van der Waals surface area contributed by atoms with Crippen LogP contribution in [0, 0.1) is 5.95 Å². The molecule has 2 nitrogen and oxygen atoms in total. The second-order valence-corrected chi connectivity index (χ2v) is 9.38. The highest BCUT2D eigenvalue weighted by atomic mass is 31.2. The lowest BCUT2D eigenvalue weighted by atomic mass is 10.0. The molecular formula is C17H21FNOP. The summed E-state index contributed by atoms with van der Waals surface area (Å²) in [6.45, 7) is 4.25. The zero-order chi connectivity index (χ0) is 15.0. The van der Waals surface area contributed by atoms with Crippen molar-refractivity contribution in [3.63, 3.8) is 0 Å². The highest BCUT2D eigenvalue weighted by Gasteiger charge is 2.31. The summed E-state index contributed by atoms with van der Waals surface area (Å²) in [7, 11) is -2.38. The second kappa shape index (κ2) is 5.53. The van der Waals surface area contributed by atoms with E-state index in [1.54, 1.807) is 6.07 Å². The molecular weight excluding hydrogens is 284 g/mol. The average molecular weight is 305 g/mol. The monoisotopic (exact) mass is 305 g/mol. The first-order valence-electron chi connectivity index (χ1n) is 7.69. The Bertz CT molecular complexity index is 716. The molecule has 3 rings (SSSR count). The van der Waals surface area contributed by atoms with Gasteiger partial charge in [0.2, 0.25) is 5.95 Å². The van der Waals surface area contributed by atoms with E-state index in [-0.39, 0.29) is 0 Å². The van der Waals surface area contributed by atoms with Crippen LogP contribution in [0.15, 0.2) is 24.3 Å². The molecule has 0 saturated carbocycles. The van der Waals surface area contributed by atoms with Gasteiger partial charge in [-0.2, -0.15) is 4.39 Å². The van der Waals surface area contributed by atoms with E-state index in [0.717, 1.165) is 41.4 Å². The maximum absolute atomic E-state index is 13.5. The molecule has 112 valence electrons. The van der Waals surface area contributed by atoms with Gasteiger partial charge in [0.1, 0.15) is 7.14 Å². The van der Waals surface area contributed by atoms with Gasteiger partial charge in [0.05, 0.1) is 5.52 Å². The maximum atomic E-state index is 13.5. The minimum absolute atomic E-state index is 0.308. The second-order valence-electron chi connectivity index (χ2n) is 6.26. The van der Waals surface area contributed by atoms with Crippen molar-refractivity contribution < 1.29 is 8.96 Å². The number of rotatable bonds is 2. The topological polar surface area (TPSA) is 30.0 Å². The van der Waals surface area contributed by atoms with E-state index in [9.17, 15) is 8.96 Å². The summed E-state index contributed by atoms with van der Waals surface area (Å²) in [4.78, 5) is 3.97. The van der Waals surface area contributed by atoms with Gasteiger partial charge in [0.25, 0.3) is 0 Å². The van der Waals surface area contributed by atoms with Gasteiger partial charge >= 0.3 is 0 Å². The van der Waals surface area contributed by atoms with Crippen LogP contribution < -0.4 is 5.30 Å². The van der Waals surface area contributed by atoms with Crippen molar-refractivity contribution in [2.24, 2.45) is 0 Å². The number of hydrogen-bond acceptors (Lipinski definition) is 2. The van der Waals surface area contributed by atoms with E-state index in [1.807, 2.05) is 12.1 Å². The van der Waals surface area contributed by atoms with Crippen LogP contribution in [0.1, 0.15) is 44.6 Å². The molecule has 0 spiro atoms. The predicted molar refractivity (Wildman–Crippen MR) is 86.6 cm³/mol. The molecule has 2 aromatic rings. The molecule has 1 aromatic carbocycles. The van der Waals surface area contributed by atoms with Crippen LogP contribution in [0.3, 0.4) is 0 Å². The van der Waals surface area contributed by atoms with Gasteiger partial charge < -0.3 is 4.57 Å². The van der Waals surface area contributed by atoms with Gasteiger partial charge in [-0.25, -0.2) is 4.98 Å². The minimum atomic E-state index is -2.38. The van der Waals surface area contributed by atoms with Crippen LogP contribution in [0.2, 0.25) is 0 Å². The van der Waals surface area contributed by atoms with Gasteiger partial charge in [0, 0.05) is 23.0 Å². The molecule has 1 aliphatic rings. The molecule has 1 saturated heterocycles. The molecule has 0 bridgehead atoms. The van der Waals surface area contributed by atoms with Crippen molar-refractivity contribution in [3.05, 3.63) is 35.8 Å². The number of hydrogen-bond donors (Lipinski definition) is 0. The number of halogens is 1. The molecule has 2 heterocycles. The summed E-state index contributed by atoms with van der Waals surface area (Å²) in [5.41, 5.74) is 1.76. The normalized spacial score (nSPS) is 18.3. The summed E-state index contributed by atoms with van der Waals surface area (Å²) in [5.74, 6) is -0.171. The van der Waals surface area contributed by atoms with Crippen molar-refractivity contribution >= 4 is 23.3 Å². The molecule has 21 heavy (non-hydrogen) atoms. The van der Waals surface area contributed by atoms with E-state index in [2.05, 4.69) is 18.8 Å². The van der Waals surface area contributed by atoms with Crippen LogP contribution >= 0.6 is 7.14 Å². The van der Waals surface area contributed by atoms with Crippen molar-refractivity contribution in [3.8, 4) is 0 Å². The first-order valence-corrected chi connectivity index (χ1v) is 9.77. The number of aromatic nitrogens is 1. The Morgan fingerprint density at radius 2 is 1.81 bits per heavy atom. The fraction of sp³-hybridized carbons (Fsp3) is 0.471. The molecule has 0 amide bonds. The Balaban J connectivity index is 2.30. The molecule has 0 unspecified atom stereocenters. The summed E-state index contributed by atoms with van der Waals surface area (Å²) in [6, 6.07) is 6.98. The summed E-state index contributed by atoms with van der Waals surface area (Å²) in [5, 5.41) is 1.86. The van der Waals surface area contributed by atoms with Crippen molar-refractivity contribution in [2.45, 2.75) is 39.0 Å². The Morgan fingerprint density at radius 1 is 1.10 bits per heavy atom. The SMILES string of the molecule is CC(C)c1ccc2nc(F)ccc2c1P1(=O)CCCCC1. The first kappa shape index (κ1) is 14.7. The molecule has 0 N–H and O–H groups in total. The number of pyridine rings is 1. The fourth-order valence-electron chi connectivity index (χ4n) is 3.35. The van der Waals surface area contributed by atoms with Crippen LogP contribution in [0.4, 0.5) is 4.39 Å². The van der Waals surface area contributed by atoms with Crippen LogP contribution in [-0.4, -0.2) is 17.3 Å². The van der Waals surface area contributed by atoms with Gasteiger partial charge in [0.15, 0.2) is 0 Å². The molecule has 4 heteroatoms. The zero-order valence-electron chi connectivity index (χ0n) is 12.6. The van der Waals surface area contributed by atoms with Gasteiger partial charge in [-0.15, -0.1) is 0 Å². The van der Waals surface area contributed by atoms with Gasteiger partial charge in [-0.3, -0.25) is 0 Å². The summed E-state index contributed by atoms with van der Waals surface area (Å²) >= 11 is 0. The third-order valence-corrected chi connectivity index (χ3v) is 7.80. The van der Waals surface area contributed by atoms with Crippen LogP contribution in [-0.2, 0) is 4.57 Å². The Labute approximate surface area is 125 Å². The highest BCUT2D eigenvalue weighted by molar-refractivity contribution is 7.72. The van der Waals surface area contributed by atoms with Crippen molar-refractivity contribution in [1.29, 1.82) is 0 Å². The standard InChI is InChI=1S/C17H21FNOP/c1-12(2)13-6-8-15-14(7-9-16(18)19-15)17(13)21(20)10-4-3-5-11-21/h6-9,12H,3-5,10-11H2,1-2H3. The number of fused-ring (bicyclic) bond motifs is 1. The Kier molecular flexibility index (Phi) is 3.88. The van der Waals surface area contributed by atoms with Crippen molar-refractivity contribution in [2.75, 3.05) is 12.3 Å². The molecule has 1 fully saturated rings. The van der Waals surface area contributed by atoms with E-state index in [0.29, 0.717) is 11.4 Å². The van der Waals surface area contributed by atoms with E-state index >= 15 is 0 Å². The third-order valence-electron chi connectivity index (χ3n) is 4.41. The average Bonchev–Trinajstić information content (AvgIpc) is 2.46.